The molecule has 1 nitrogen and oxygen atoms in total. The van der Waals surface area contributed by atoms with E-state index in [2.05, 4.69) is 63.8 Å². The van der Waals surface area contributed by atoms with E-state index in [1.807, 2.05) is 0 Å². The lowest BCUT2D eigenvalue weighted by Crippen LogP contribution is -2.32. The highest BCUT2D eigenvalue weighted by atomic mass is 15.2. The maximum Gasteiger partial charge on any atom is 0.0388 e. The van der Waals surface area contributed by atoms with Gasteiger partial charge in [0.05, 0.1) is 0 Å². The average Bonchev–Trinajstić information content (AvgIpc) is 2.65. The summed E-state index contributed by atoms with van der Waals surface area (Å²) < 4.78 is 0. The molecule has 1 aliphatic heterocycles. The van der Waals surface area contributed by atoms with Crippen molar-refractivity contribution >= 4 is 0 Å². The van der Waals surface area contributed by atoms with Crippen LogP contribution in [0.1, 0.15) is 53.9 Å². The predicted octanol–water partition coefficient (Wildman–Crippen LogP) is 4.92. The zero-order valence-corrected chi connectivity index (χ0v) is 12.7. The Kier molecular flexibility index (Phi) is 6.24. The van der Waals surface area contributed by atoms with Crippen LogP contribution in [-0.4, -0.2) is 17.5 Å². The monoisotopic (exact) mass is 247 g/mol. The van der Waals surface area contributed by atoms with E-state index >= 15 is 0 Å². The Morgan fingerprint density at radius 3 is 2.22 bits per heavy atom. The van der Waals surface area contributed by atoms with Crippen molar-refractivity contribution in [3.63, 3.8) is 0 Å². The predicted molar refractivity (Wildman–Crippen MR) is 81.5 cm³/mol. The molecule has 0 bridgehead atoms. The SMILES string of the molecule is CC/C=C\C1=C(C)N(CC)C(CC)C1/C=C\CC. The van der Waals surface area contributed by atoms with Gasteiger partial charge < -0.3 is 4.90 Å². The first kappa shape index (κ1) is 15.1. The summed E-state index contributed by atoms with van der Waals surface area (Å²) in [5.74, 6) is 0.581. The van der Waals surface area contributed by atoms with Gasteiger partial charge in [-0.25, -0.2) is 0 Å². The summed E-state index contributed by atoms with van der Waals surface area (Å²) in [6.45, 7) is 12.4. The van der Waals surface area contributed by atoms with E-state index in [1.165, 1.54) is 17.7 Å². The van der Waals surface area contributed by atoms with Crippen molar-refractivity contribution in [2.75, 3.05) is 6.54 Å². The van der Waals surface area contributed by atoms with Crippen LogP contribution in [0.3, 0.4) is 0 Å². The van der Waals surface area contributed by atoms with Crippen molar-refractivity contribution in [1.29, 1.82) is 0 Å². The number of hydrogen-bond acceptors (Lipinski definition) is 1. The molecule has 18 heavy (non-hydrogen) atoms. The standard InChI is InChI=1S/C17H29N/c1-6-10-12-15-14(5)18(9-4)17(8-3)16(15)13-11-7-2/h10-13,16-17H,6-9H2,1-5H3/b12-10-,13-11-. The van der Waals surface area contributed by atoms with Crippen LogP contribution in [0.25, 0.3) is 0 Å². The second-order valence-electron chi connectivity index (χ2n) is 4.98. The molecular weight excluding hydrogens is 218 g/mol. The molecule has 102 valence electrons. The van der Waals surface area contributed by atoms with Gasteiger partial charge in [-0.2, -0.15) is 0 Å². The first-order valence-corrected chi connectivity index (χ1v) is 7.51. The van der Waals surface area contributed by atoms with E-state index in [4.69, 9.17) is 0 Å². The summed E-state index contributed by atoms with van der Waals surface area (Å²) in [6.07, 6.45) is 12.8. The lowest BCUT2D eigenvalue weighted by Gasteiger charge is -2.28. The highest BCUT2D eigenvalue weighted by Gasteiger charge is 2.33. The number of allylic oxidation sites excluding steroid dienone is 4. The van der Waals surface area contributed by atoms with Gasteiger partial charge in [-0.3, -0.25) is 0 Å². The van der Waals surface area contributed by atoms with Crippen molar-refractivity contribution in [2.24, 2.45) is 5.92 Å². The third-order valence-electron chi connectivity index (χ3n) is 3.89. The van der Waals surface area contributed by atoms with Crippen LogP contribution in [0, 0.1) is 5.92 Å². The Labute approximate surface area is 113 Å². The van der Waals surface area contributed by atoms with Gasteiger partial charge in [0.25, 0.3) is 0 Å². The highest BCUT2D eigenvalue weighted by molar-refractivity contribution is 5.36. The summed E-state index contributed by atoms with van der Waals surface area (Å²) in [5.41, 5.74) is 3.00. The Morgan fingerprint density at radius 2 is 1.72 bits per heavy atom. The maximum absolute atomic E-state index is 2.57. The Balaban J connectivity index is 3.07. The van der Waals surface area contributed by atoms with E-state index in [1.54, 1.807) is 0 Å². The summed E-state index contributed by atoms with van der Waals surface area (Å²) in [6, 6.07) is 0.648. The zero-order chi connectivity index (χ0) is 13.5. The molecule has 0 saturated carbocycles. The molecule has 2 unspecified atom stereocenters. The molecule has 1 heteroatoms. The van der Waals surface area contributed by atoms with Crippen molar-refractivity contribution in [1.82, 2.24) is 4.90 Å². The van der Waals surface area contributed by atoms with E-state index in [0.717, 1.165) is 19.4 Å². The second kappa shape index (κ2) is 7.45. The first-order valence-electron chi connectivity index (χ1n) is 7.51. The lowest BCUT2D eigenvalue weighted by molar-refractivity contribution is 0.259. The molecule has 0 aromatic heterocycles. The Hall–Kier alpha value is -0.980. The fourth-order valence-electron chi connectivity index (χ4n) is 2.99. The van der Waals surface area contributed by atoms with Crippen LogP contribution < -0.4 is 0 Å². The molecule has 0 fully saturated rings. The average molecular weight is 247 g/mol. The fourth-order valence-corrected chi connectivity index (χ4v) is 2.99. The van der Waals surface area contributed by atoms with Crippen molar-refractivity contribution in [3.8, 4) is 0 Å². The van der Waals surface area contributed by atoms with E-state index in [0.29, 0.717) is 12.0 Å². The fraction of sp³-hybridized carbons (Fsp3) is 0.647. The first-order chi connectivity index (χ1) is 8.71. The van der Waals surface area contributed by atoms with Gasteiger partial charge in [-0.05, 0) is 38.7 Å². The van der Waals surface area contributed by atoms with Crippen LogP contribution in [0.4, 0.5) is 0 Å². The number of hydrogen-bond donors (Lipinski definition) is 0. The number of nitrogens with zero attached hydrogens (tertiary/aromatic N) is 1. The largest absolute Gasteiger partial charge is 0.371 e. The quantitative estimate of drug-likeness (QED) is 0.602. The molecule has 1 aliphatic rings. The van der Waals surface area contributed by atoms with Gasteiger partial charge in [0.2, 0.25) is 0 Å². The molecule has 2 atom stereocenters. The minimum atomic E-state index is 0.581. The normalized spacial score (nSPS) is 25.1. The van der Waals surface area contributed by atoms with Crippen molar-refractivity contribution in [3.05, 3.63) is 35.6 Å². The summed E-state index contributed by atoms with van der Waals surface area (Å²) in [4.78, 5) is 2.57. The molecule has 0 spiro atoms. The topological polar surface area (TPSA) is 3.24 Å². The van der Waals surface area contributed by atoms with Gasteiger partial charge >= 0.3 is 0 Å². The Bertz CT molecular complexity index is 336. The molecule has 1 heterocycles. The highest BCUT2D eigenvalue weighted by Crippen LogP contribution is 2.37. The summed E-state index contributed by atoms with van der Waals surface area (Å²) in [7, 11) is 0. The van der Waals surface area contributed by atoms with Crippen LogP contribution in [0.2, 0.25) is 0 Å². The molecule has 0 saturated heterocycles. The molecule has 1 rings (SSSR count). The van der Waals surface area contributed by atoms with Crippen LogP contribution in [-0.2, 0) is 0 Å². The molecular formula is C17H29N. The number of rotatable bonds is 6. The van der Waals surface area contributed by atoms with Crippen molar-refractivity contribution < 1.29 is 0 Å². The van der Waals surface area contributed by atoms with Gasteiger partial charge in [-0.15, -0.1) is 0 Å². The molecule has 0 amide bonds. The molecule has 0 aromatic rings. The van der Waals surface area contributed by atoms with Crippen LogP contribution >= 0.6 is 0 Å². The minimum Gasteiger partial charge on any atom is -0.371 e. The zero-order valence-electron chi connectivity index (χ0n) is 12.7. The third-order valence-corrected chi connectivity index (χ3v) is 3.89. The lowest BCUT2D eigenvalue weighted by atomic mass is 9.91. The summed E-state index contributed by atoms with van der Waals surface area (Å²) in [5, 5.41) is 0. The molecule has 0 aliphatic carbocycles. The second-order valence-corrected chi connectivity index (χ2v) is 4.98. The van der Waals surface area contributed by atoms with Crippen molar-refractivity contribution in [2.45, 2.75) is 59.9 Å². The third kappa shape index (κ3) is 3.07. The van der Waals surface area contributed by atoms with E-state index in [9.17, 15) is 0 Å². The summed E-state index contributed by atoms with van der Waals surface area (Å²) >= 11 is 0. The van der Waals surface area contributed by atoms with Crippen LogP contribution in [0.15, 0.2) is 35.6 Å². The van der Waals surface area contributed by atoms with E-state index < -0.39 is 0 Å². The smallest absolute Gasteiger partial charge is 0.0388 e. The van der Waals surface area contributed by atoms with Gasteiger partial charge in [0, 0.05) is 24.2 Å². The minimum absolute atomic E-state index is 0.581. The van der Waals surface area contributed by atoms with Gasteiger partial charge in [0.15, 0.2) is 0 Å². The Morgan fingerprint density at radius 1 is 1.06 bits per heavy atom. The molecule has 0 radical (unpaired) electrons. The molecule has 0 aromatic carbocycles. The van der Waals surface area contributed by atoms with E-state index in [-0.39, 0.29) is 0 Å². The van der Waals surface area contributed by atoms with Gasteiger partial charge in [-0.1, -0.05) is 45.1 Å². The van der Waals surface area contributed by atoms with Gasteiger partial charge in [0.1, 0.15) is 0 Å². The maximum atomic E-state index is 2.57. The molecule has 0 N–H and O–H groups in total. The van der Waals surface area contributed by atoms with Crippen LogP contribution in [0.5, 0.6) is 0 Å².